The van der Waals surface area contributed by atoms with E-state index in [1.165, 1.54) is 25.1 Å². The van der Waals surface area contributed by atoms with Gasteiger partial charge in [0, 0.05) is 11.1 Å². The Balaban J connectivity index is 2.49. The van der Waals surface area contributed by atoms with Gasteiger partial charge in [-0.2, -0.15) is 30.4 Å². The zero-order valence-corrected chi connectivity index (χ0v) is 20.2. The molecule has 0 radical (unpaired) electrons. The number of carbonyl (C=O) groups excluding carboxylic acids is 2. The standard InChI is InChI=1S/C22H26F5NO7S/c1-16(2)19(29)33-14-10-5-3-4-6-11-15-34-20(30)22(26,27)36(31,32)35-28-18(21(23,24)25)17-12-8-7-9-13-17/h7-9,12-13H,1,3-6,10-11,14-15H2,2H3/b28-18-. The van der Waals surface area contributed by atoms with E-state index in [2.05, 4.69) is 20.8 Å². The first kappa shape index (κ1) is 31.0. The minimum atomic E-state index is -6.23. The number of rotatable bonds is 15. The first-order valence-corrected chi connectivity index (χ1v) is 12.1. The highest BCUT2D eigenvalue weighted by atomic mass is 32.2. The van der Waals surface area contributed by atoms with Crippen LogP contribution in [0.2, 0.25) is 0 Å². The van der Waals surface area contributed by atoms with Gasteiger partial charge in [0.1, 0.15) is 0 Å². The number of hydrogen-bond acceptors (Lipinski definition) is 8. The Kier molecular flexibility index (Phi) is 12.0. The molecule has 0 saturated carbocycles. The van der Waals surface area contributed by atoms with E-state index in [0.717, 1.165) is 25.0 Å². The van der Waals surface area contributed by atoms with Gasteiger partial charge in [0.05, 0.1) is 13.2 Å². The van der Waals surface area contributed by atoms with Gasteiger partial charge in [-0.3, -0.25) is 4.28 Å². The molecule has 0 spiro atoms. The smallest absolute Gasteiger partial charge is 0.462 e. The van der Waals surface area contributed by atoms with Gasteiger partial charge in [0.2, 0.25) is 0 Å². The number of halogens is 5. The number of carbonyl (C=O) groups is 2. The maximum absolute atomic E-state index is 14.0. The van der Waals surface area contributed by atoms with E-state index in [1.54, 1.807) is 0 Å². The normalized spacial score (nSPS) is 12.7. The quantitative estimate of drug-likeness (QED) is 0.0774. The second kappa shape index (κ2) is 13.9. The summed E-state index contributed by atoms with van der Waals surface area (Å²) in [6, 6.07) is 5.54. The Morgan fingerprint density at radius 1 is 0.889 bits per heavy atom. The summed E-state index contributed by atoms with van der Waals surface area (Å²) in [6.45, 7) is 4.66. The van der Waals surface area contributed by atoms with Gasteiger partial charge in [-0.25, -0.2) is 9.59 Å². The number of alkyl halides is 5. The minimum absolute atomic E-state index is 0.137. The molecule has 0 saturated heterocycles. The Bertz CT molecular complexity index is 1020. The van der Waals surface area contributed by atoms with Crippen LogP contribution < -0.4 is 0 Å². The van der Waals surface area contributed by atoms with Crippen molar-refractivity contribution < 1.29 is 53.7 Å². The van der Waals surface area contributed by atoms with E-state index >= 15 is 0 Å². The zero-order chi connectivity index (χ0) is 27.4. The zero-order valence-electron chi connectivity index (χ0n) is 19.4. The van der Waals surface area contributed by atoms with E-state index in [4.69, 9.17) is 4.74 Å². The van der Waals surface area contributed by atoms with Gasteiger partial charge in [-0.1, -0.05) is 67.7 Å². The fourth-order valence-electron chi connectivity index (χ4n) is 2.55. The molecule has 0 fully saturated rings. The molecule has 14 heteroatoms. The van der Waals surface area contributed by atoms with Crippen molar-refractivity contribution in [1.82, 2.24) is 0 Å². The fourth-order valence-corrected chi connectivity index (χ4v) is 3.08. The van der Waals surface area contributed by atoms with Crippen molar-refractivity contribution in [2.24, 2.45) is 5.16 Å². The lowest BCUT2D eigenvalue weighted by atomic mass is 10.1. The molecule has 0 amide bonds. The van der Waals surface area contributed by atoms with Gasteiger partial charge in [0.25, 0.3) is 0 Å². The molecule has 1 aromatic carbocycles. The highest BCUT2D eigenvalue weighted by molar-refractivity contribution is 7.88. The summed E-state index contributed by atoms with van der Waals surface area (Å²) in [5, 5.41) is -2.95. The molecule has 1 aromatic rings. The SMILES string of the molecule is C=C(C)C(=O)OCCCCCCCCOC(=O)C(F)(F)S(=O)(=O)O/N=C(/c1ccccc1)C(F)(F)F. The summed E-state index contributed by atoms with van der Waals surface area (Å²) >= 11 is 0. The largest absolute Gasteiger partial charge is 0.478 e. The Labute approximate surface area is 205 Å². The summed E-state index contributed by atoms with van der Waals surface area (Å²) in [5.74, 6) is -2.98. The molecule has 0 aliphatic carbocycles. The molecule has 0 unspecified atom stereocenters. The number of unbranched alkanes of at least 4 members (excludes halogenated alkanes) is 5. The molecule has 36 heavy (non-hydrogen) atoms. The second-order valence-corrected chi connectivity index (χ2v) is 9.09. The van der Waals surface area contributed by atoms with Crippen molar-refractivity contribution in [1.29, 1.82) is 0 Å². The summed E-state index contributed by atoms with van der Waals surface area (Å²) in [6.07, 6.45) is -1.94. The van der Waals surface area contributed by atoms with Gasteiger partial charge >= 0.3 is 33.5 Å². The van der Waals surface area contributed by atoms with Gasteiger partial charge in [0.15, 0.2) is 5.71 Å². The number of nitrogens with zero attached hydrogens (tertiary/aromatic N) is 1. The molecule has 202 valence electrons. The molecule has 0 heterocycles. The van der Waals surface area contributed by atoms with Crippen LogP contribution in [0, 0.1) is 0 Å². The molecule has 8 nitrogen and oxygen atoms in total. The monoisotopic (exact) mass is 543 g/mol. The van der Waals surface area contributed by atoms with Crippen LogP contribution in [0.1, 0.15) is 51.0 Å². The van der Waals surface area contributed by atoms with Gasteiger partial charge in [-0.05, 0) is 19.8 Å². The lowest BCUT2D eigenvalue weighted by Crippen LogP contribution is -2.40. The minimum Gasteiger partial charge on any atom is -0.462 e. The van der Waals surface area contributed by atoms with E-state index < -0.39 is 51.4 Å². The second-order valence-electron chi connectivity index (χ2n) is 7.52. The predicted octanol–water partition coefficient (Wildman–Crippen LogP) is 4.90. The molecule has 0 atom stereocenters. The lowest BCUT2D eigenvalue weighted by molar-refractivity contribution is -0.161. The van der Waals surface area contributed by atoms with Gasteiger partial charge < -0.3 is 9.47 Å². The molecule has 0 aliphatic rings. The number of esters is 2. The molecule has 0 aromatic heterocycles. The van der Waals surface area contributed by atoms with Crippen molar-refractivity contribution in [3.63, 3.8) is 0 Å². The average Bonchev–Trinajstić information content (AvgIpc) is 2.79. The molecule has 0 bridgehead atoms. The molecular weight excluding hydrogens is 517 g/mol. The predicted molar refractivity (Wildman–Crippen MR) is 118 cm³/mol. The number of hydrogen-bond donors (Lipinski definition) is 0. The van der Waals surface area contributed by atoms with Crippen molar-refractivity contribution in [3.8, 4) is 0 Å². The van der Waals surface area contributed by atoms with Crippen LogP contribution >= 0.6 is 0 Å². The van der Waals surface area contributed by atoms with Crippen LogP contribution in [0.25, 0.3) is 0 Å². The summed E-state index contributed by atoms with van der Waals surface area (Å²) in [4.78, 5) is 22.8. The maximum Gasteiger partial charge on any atom is 0.478 e. The van der Waals surface area contributed by atoms with E-state index in [1.807, 2.05) is 0 Å². The van der Waals surface area contributed by atoms with Gasteiger partial charge in [-0.15, -0.1) is 0 Å². The third-order valence-electron chi connectivity index (χ3n) is 4.45. The average molecular weight is 544 g/mol. The van der Waals surface area contributed by atoms with Crippen LogP contribution in [0.15, 0.2) is 47.6 Å². The maximum atomic E-state index is 14.0. The van der Waals surface area contributed by atoms with E-state index in [0.29, 0.717) is 24.8 Å². The summed E-state index contributed by atoms with van der Waals surface area (Å²) in [7, 11) is -6.23. The van der Waals surface area contributed by atoms with Crippen LogP contribution in [0.5, 0.6) is 0 Å². The highest BCUT2D eigenvalue weighted by Gasteiger charge is 2.57. The van der Waals surface area contributed by atoms with Crippen LogP contribution in [0.4, 0.5) is 22.0 Å². The Morgan fingerprint density at radius 2 is 1.39 bits per heavy atom. The first-order valence-electron chi connectivity index (χ1n) is 10.7. The van der Waals surface area contributed by atoms with Crippen LogP contribution in [0.3, 0.4) is 0 Å². The van der Waals surface area contributed by atoms with Crippen molar-refractivity contribution in [2.75, 3.05) is 13.2 Å². The molecule has 0 N–H and O–H groups in total. The fraction of sp³-hybridized carbons (Fsp3) is 0.500. The first-order chi connectivity index (χ1) is 16.7. The highest BCUT2D eigenvalue weighted by Crippen LogP contribution is 2.28. The van der Waals surface area contributed by atoms with Crippen molar-refractivity contribution >= 4 is 27.8 Å². The lowest BCUT2D eigenvalue weighted by Gasteiger charge is -2.15. The van der Waals surface area contributed by atoms with Crippen LogP contribution in [-0.4, -0.2) is 50.7 Å². The Hall–Kier alpha value is -3.03. The molecular formula is C22H26F5NO7S. The molecule has 1 rings (SSSR count). The number of oxime groups is 1. The van der Waals surface area contributed by atoms with Crippen molar-refractivity contribution in [3.05, 3.63) is 48.0 Å². The number of ether oxygens (including phenoxy) is 2. The third-order valence-corrected chi connectivity index (χ3v) is 5.51. The van der Waals surface area contributed by atoms with E-state index in [9.17, 15) is 40.0 Å². The number of benzene rings is 1. The van der Waals surface area contributed by atoms with Crippen molar-refractivity contribution in [2.45, 2.75) is 56.9 Å². The molecule has 0 aliphatic heterocycles. The third kappa shape index (κ3) is 9.91. The van der Waals surface area contributed by atoms with E-state index in [-0.39, 0.29) is 13.0 Å². The Morgan fingerprint density at radius 3 is 1.89 bits per heavy atom. The van der Waals surface area contributed by atoms with Crippen LogP contribution in [-0.2, 0) is 33.5 Å². The summed E-state index contributed by atoms with van der Waals surface area (Å²) in [5.41, 5.74) is -2.23. The topological polar surface area (TPSA) is 108 Å². The summed E-state index contributed by atoms with van der Waals surface area (Å²) < 4.78 is 104.